The lowest BCUT2D eigenvalue weighted by Gasteiger charge is -2.31. The van der Waals surface area contributed by atoms with Crippen molar-refractivity contribution in [2.45, 2.75) is 25.4 Å². The summed E-state index contributed by atoms with van der Waals surface area (Å²) in [5.41, 5.74) is 0.588. The molecule has 0 spiro atoms. The molecule has 0 radical (unpaired) electrons. The normalized spacial score (nSPS) is 16.2. The van der Waals surface area contributed by atoms with E-state index < -0.39 is 0 Å². The molecule has 1 N–H and O–H groups in total. The molecule has 1 aromatic carbocycles. The van der Waals surface area contributed by atoms with Gasteiger partial charge in [-0.05, 0) is 6.07 Å². The fraction of sp³-hybridized carbons (Fsp3) is 0.571. The SMILES string of the molecule is COc1cccc(C(C)(C)CO)c1OC1COC1. The summed E-state index contributed by atoms with van der Waals surface area (Å²) < 4.78 is 16.4. The fourth-order valence-electron chi connectivity index (χ4n) is 1.87. The summed E-state index contributed by atoms with van der Waals surface area (Å²) in [6.07, 6.45) is 0.0783. The van der Waals surface area contributed by atoms with Gasteiger partial charge in [-0.15, -0.1) is 0 Å². The molecule has 0 bridgehead atoms. The number of hydrogen-bond donors (Lipinski definition) is 1. The van der Waals surface area contributed by atoms with Crippen molar-refractivity contribution in [1.82, 2.24) is 0 Å². The summed E-state index contributed by atoms with van der Waals surface area (Å²) in [5.74, 6) is 1.41. The Morgan fingerprint density at radius 2 is 2.11 bits per heavy atom. The Bertz CT molecular complexity index is 410. The van der Waals surface area contributed by atoms with Gasteiger partial charge >= 0.3 is 0 Å². The minimum Gasteiger partial charge on any atom is -0.493 e. The van der Waals surface area contributed by atoms with Crippen LogP contribution in [0, 0.1) is 0 Å². The minimum absolute atomic E-state index is 0.0533. The standard InChI is InChI=1S/C14H20O4/c1-14(2,9-15)11-5-4-6-12(16-3)13(11)18-10-7-17-8-10/h4-6,10,15H,7-9H2,1-3H3. The van der Waals surface area contributed by atoms with Gasteiger partial charge in [0.1, 0.15) is 6.10 Å². The number of benzene rings is 1. The largest absolute Gasteiger partial charge is 0.493 e. The first-order valence-corrected chi connectivity index (χ1v) is 6.11. The molecule has 0 atom stereocenters. The smallest absolute Gasteiger partial charge is 0.165 e. The highest BCUT2D eigenvalue weighted by Gasteiger charge is 2.29. The second-order valence-corrected chi connectivity index (χ2v) is 5.16. The lowest BCUT2D eigenvalue weighted by atomic mass is 9.84. The van der Waals surface area contributed by atoms with Gasteiger partial charge in [-0.2, -0.15) is 0 Å². The summed E-state index contributed by atoms with van der Waals surface area (Å²) in [6, 6.07) is 5.75. The van der Waals surface area contributed by atoms with E-state index in [-0.39, 0.29) is 18.1 Å². The number of hydrogen-bond acceptors (Lipinski definition) is 4. The lowest BCUT2D eigenvalue weighted by molar-refractivity contribution is -0.0810. The average molecular weight is 252 g/mol. The minimum atomic E-state index is -0.367. The summed E-state index contributed by atoms with van der Waals surface area (Å²) >= 11 is 0. The van der Waals surface area contributed by atoms with Gasteiger partial charge in [-0.1, -0.05) is 26.0 Å². The van der Waals surface area contributed by atoms with Gasteiger partial charge in [0, 0.05) is 11.0 Å². The van der Waals surface area contributed by atoms with Crippen molar-refractivity contribution in [3.05, 3.63) is 23.8 Å². The zero-order chi connectivity index (χ0) is 13.2. The van der Waals surface area contributed by atoms with Crippen LogP contribution >= 0.6 is 0 Å². The number of ether oxygens (including phenoxy) is 3. The quantitative estimate of drug-likeness (QED) is 0.867. The van der Waals surface area contributed by atoms with Crippen LogP contribution in [-0.2, 0) is 10.2 Å². The Labute approximate surface area is 107 Å². The molecule has 1 aromatic rings. The molecule has 1 fully saturated rings. The summed E-state index contributed by atoms with van der Waals surface area (Å²) in [4.78, 5) is 0. The molecule has 1 aliphatic rings. The molecule has 0 unspecified atom stereocenters. The third-order valence-electron chi connectivity index (χ3n) is 3.22. The van der Waals surface area contributed by atoms with Crippen molar-refractivity contribution in [1.29, 1.82) is 0 Å². The molecule has 4 heteroatoms. The van der Waals surface area contributed by atoms with Crippen LogP contribution in [0.15, 0.2) is 18.2 Å². The van der Waals surface area contributed by atoms with Gasteiger partial charge in [-0.3, -0.25) is 0 Å². The first-order chi connectivity index (χ1) is 8.58. The maximum absolute atomic E-state index is 9.52. The average Bonchev–Trinajstić information content (AvgIpc) is 2.33. The Morgan fingerprint density at radius 3 is 2.61 bits per heavy atom. The molecule has 18 heavy (non-hydrogen) atoms. The van der Waals surface area contributed by atoms with E-state index in [0.717, 1.165) is 5.56 Å². The van der Waals surface area contributed by atoms with E-state index in [4.69, 9.17) is 14.2 Å². The molecule has 1 heterocycles. The highest BCUT2D eigenvalue weighted by Crippen LogP contribution is 2.39. The predicted molar refractivity (Wildman–Crippen MR) is 68.3 cm³/mol. The molecule has 1 saturated heterocycles. The molecular weight excluding hydrogens is 232 g/mol. The molecule has 0 aliphatic carbocycles. The van der Waals surface area contributed by atoms with Crippen LogP contribution in [0.1, 0.15) is 19.4 Å². The van der Waals surface area contributed by atoms with Gasteiger partial charge in [0.2, 0.25) is 0 Å². The molecule has 4 nitrogen and oxygen atoms in total. The zero-order valence-corrected chi connectivity index (χ0v) is 11.1. The monoisotopic (exact) mass is 252 g/mol. The van der Waals surface area contributed by atoms with E-state index in [1.807, 2.05) is 32.0 Å². The maximum atomic E-state index is 9.52. The van der Waals surface area contributed by atoms with Gasteiger partial charge in [-0.25, -0.2) is 0 Å². The van der Waals surface area contributed by atoms with E-state index in [2.05, 4.69) is 0 Å². The van der Waals surface area contributed by atoms with Crippen LogP contribution in [0.2, 0.25) is 0 Å². The molecule has 0 amide bonds. The number of methoxy groups -OCH3 is 1. The van der Waals surface area contributed by atoms with Crippen LogP contribution in [0.5, 0.6) is 11.5 Å². The van der Waals surface area contributed by atoms with Crippen molar-refractivity contribution in [3.63, 3.8) is 0 Å². The van der Waals surface area contributed by atoms with E-state index in [1.165, 1.54) is 0 Å². The molecule has 0 saturated carbocycles. The zero-order valence-electron chi connectivity index (χ0n) is 11.1. The lowest BCUT2D eigenvalue weighted by Crippen LogP contribution is -2.39. The molecule has 1 aliphatic heterocycles. The van der Waals surface area contributed by atoms with Crippen LogP contribution < -0.4 is 9.47 Å². The predicted octanol–water partition coefficient (Wildman–Crippen LogP) is 1.74. The Morgan fingerprint density at radius 1 is 1.39 bits per heavy atom. The van der Waals surface area contributed by atoms with E-state index >= 15 is 0 Å². The molecular formula is C14H20O4. The Kier molecular flexibility index (Phi) is 3.78. The number of aliphatic hydroxyl groups is 1. The van der Waals surface area contributed by atoms with Gasteiger partial charge in [0.15, 0.2) is 11.5 Å². The van der Waals surface area contributed by atoms with Crippen molar-refractivity contribution in [3.8, 4) is 11.5 Å². The van der Waals surface area contributed by atoms with Gasteiger partial charge in [0.25, 0.3) is 0 Å². The van der Waals surface area contributed by atoms with E-state index in [9.17, 15) is 5.11 Å². The van der Waals surface area contributed by atoms with Crippen LogP contribution in [0.4, 0.5) is 0 Å². The van der Waals surface area contributed by atoms with Crippen molar-refractivity contribution < 1.29 is 19.3 Å². The van der Waals surface area contributed by atoms with Crippen molar-refractivity contribution in [2.24, 2.45) is 0 Å². The first-order valence-electron chi connectivity index (χ1n) is 6.11. The highest BCUT2D eigenvalue weighted by molar-refractivity contribution is 5.50. The van der Waals surface area contributed by atoms with Crippen molar-refractivity contribution >= 4 is 0 Å². The van der Waals surface area contributed by atoms with Crippen molar-refractivity contribution in [2.75, 3.05) is 26.9 Å². The van der Waals surface area contributed by atoms with E-state index in [0.29, 0.717) is 24.7 Å². The Hall–Kier alpha value is -1.26. The summed E-state index contributed by atoms with van der Waals surface area (Å²) in [6.45, 7) is 5.23. The van der Waals surface area contributed by atoms with Crippen LogP contribution in [0.3, 0.4) is 0 Å². The van der Waals surface area contributed by atoms with Gasteiger partial charge in [0.05, 0.1) is 26.9 Å². The fourth-order valence-corrected chi connectivity index (χ4v) is 1.87. The highest BCUT2D eigenvalue weighted by atomic mass is 16.6. The number of rotatable bonds is 5. The second kappa shape index (κ2) is 5.16. The first kappa shape index (κ1) is 13.2. The number of para-hydroxylation sites is 1. The topological polar surface area (TPSA) is 47.9 Å². The van der Waals surface area contributed by atoms with E-state index in [1.54, 1.807) is 7.11 Å². The molecule has 2 rings (SSSR count). The third-order valence-corrected chi connectivity index (χ3v) is 3.22. The number of aliphatic hydroxyl groups excluding tert-OH is 1. The Balaban J connectivity index is 2.37. The summed E-state index contributed by atoms with van der Waals surface area (Å²) in [5, 5.41) is 9.52. The molecule has 100 valence electrons. The maximum Gasteiger partial charge on any atom is 0.165 e. The van der Waals surface area contributed by atoms with Crippen LogP contribution in [-0.4, -0.2) is 38.1 Å². The molecule has 0 aromatic heterocycles. The van der Waals surface area contributed by atoms with Gasteiger partial charge < -0.3 is 19.3 Å². The van der Waals surface area contributed by atoms with Crippen LogP contribution in [0.25, 0.3) is 0 Å². The third kappa shape index (κ3) is 2.44. The second-order valence-electron chi connectivity index (χ2n) is 5.16. The summed E-state index contributed by atoms with van der Waals surface area (Å²) in [7, 11) is 1.62.